The number of amides is 1. The number of carboxylic acids is 1. The maximum absolute atomic E-state index is 12.2. The third-order valence-corrected chi connectivity index (χ3v) is 4.47. The van der Waals surface area contributed by atoms with Crippen LogP contribution >= 0.6 is 11.3 Å². The zero-order valence-electron chi connectivity index (χ0n) is 9.83. The molecule has 1 amide bonds. The van der Waals surface area contributed by atoms with E-state index in [9.17, 15) is 9.59 Å². The van der Waals surface area contributed by atoms with Gasteiger partial charge in [-0.25, -0.2) is 9.78 Å². The van der Waals surface area contributed by atoms with Gasteiger partial charge in [-0.1, -0.05) is 0 Å². The first-order chi connectivity index (χ1) is 8.66. The van der Waals surface area contributed by atoms with Crippen LogP contribution in [0, 0.1) is 0 Å². The molecular formula is C12H14N2O3S. The minimum atomic E-state index is -0.918. The zero-order chi connectivity index (χ0) is 12.7. The lowest BCUT2D eigenvalue weighted by Gasteiger charge is -2.20. The summed E-state index contributed by atoms with van der Waals surface area (Å²) in [6, 6.07) is -0.677. The second-order valence-corrected chi connectivity index (χ2v) is 5.73. The topological polar surface area (TPSA) is 70.5 Å². The SMILES string of the molecule is O=C(O)C1CCCN1C(=O)c1csc(C2CC2)n1. The van der Waals surface area contributed by atoms with E-state index in [-0.39, 0.29) is 5.91 Å². The fourth-order valence-electron chi connectivity index (χ4n) is 2.32. The van der Waals surface area contributed by atoms with Crippen molar-refractivity contribution >= 4 is 23.2 Å². The van der Waals surface area contributed by atoms with E-state index in [2.05, 4.69) is 4.98 Å². The van der Waals surface area contributed by atoms with Crippen molar-refractivity contribution in [3.63, 3.8) is 0 Å². The van der Waals surface area contributed by atoms with Crippen molar-refractivity contribution in [3.8, 4) is 0 Å². The Morgan fingerprint density at radius 3 is 2.83 bits per heavy atom. The molecule has 96 valence electrons. The van der Waals surface area contributed by atoms with Crippen LogP contribution in [0.25, 0.3) is 0 Å². The van der Waals surface area contributed by atoms with Gasteiger partial charge in [0.05, 0.1) is 5.01 Å². The quantitative estimate of drug-likeness (QED) is 0.904. The Morgan fingerprint density at radius 1 is 1.39 bits per heavy atom. The lowest BCUT2D eigenvalue weighted by atomic mass is 10.2. The molecule has 1 atom stereocenters. The summed E-state index contributed by atoms with van der Waals surface area (Å²) in [5.74, 6) is -0.619. The van der Waals surface area contributed by atoms with Crippen molar-refractivity contribution in [2.75, 3.05) is 6.54 Å². The Kier molecular flexibility index (Phi) is 2.81. The normalized spacial score (nSPS) is 23.3. The molecule has 0 bridgehead atoms. The van der Waals surface area contributed by atoms with Crippen LogP contribution in [-0.2, 0) is 4.79 Å². The number of carbonyl (C=O) groups is 2. The Labute approximate surface area is 108 Å². The fraction of sp³-hybridized carbons (Fsp3) is 0.583. The van der Waals surface area contributed by atoms with E-state index in [4.69, 9.17) is 5.11 Å². The molecule has 2 aliphatic rings. The summed E-state index contributed by atoms with van der Waals surface area (Å²) in [6.45, 7) is 0.520. The maximum atomic E-state index is 12.2. The first-order valence-electron chi connectivity index (χ1n) is 6.16. The number of aliphatic carboxylic acids is 1. The molecule has 1 aliphatic heterocycles. The molecule has 1 saturated carbocycles. The Bertz CT molecular complexity index is 495. The third-order valence-electron chi connectivity index (χ3n) is 3.47. The number of carbonyl (C=O) groups excluding carboxylic acids is 1. The van der Waals surface area contributed by atoms with E-state index in [0.29, 0.717) is 24.6 Å². The van der Waals surface area contributed by atoms with Crippen molar-refractivity contribution < 1.29 is 14.7 Å². The molecule has 0 aromatic carbocycles. The molecular weight excluding hydrogens is 252 g/mol. The second-order valence-electron chi connectivity index (χ2n) is 4.84. The van der Waals surface area contributed by atoms with Crippen LogP contribution in [0.1, 0.15) is 47.1 Å². The summed E-state index contributed by atoms with van der Waals surface area (Å²) >= 11 is 1.51. The van der Waals surface area contributed by atoms with Gasteiger partial charge in [-0.15, -0.1) is 11.3 Å². The molecule has 1 aromatic rings. The molecule has 1 N–H and O–H groups in total. The van der Waals surface area contributed by atoms with Gasteiger partial charge in [-0.3, -0.25) is 4.79 Å². The standard InChI is InChI=1S/C12H14N2O3S/c15-11(14-5-1-2-9(14)12(16)17)8-6-18-10(13-8)7-3-4-7/h6-7,9H,1-5H2,(H,16,17). The molecule has 2 heterocycles. The van der Waals surface area contributed by atoms with Crippen LogP contribution in [0.3, 0.4) is 0 Å². The lowest BCUT2D eigenvalue weighted by Crippen LogP contribution is -2.40. The molecule has 6 heteroatoms. The molecule has 0 spiro atoms. The van der Waals surface area contributed by atoms with Crippen LogP contribution in [0.15, 0.2) is 5.38 Å². The molecule has 18 heavy (non-hydrogen) atoms. The van der Waals surface area contributed by atoms with E-state index in [1.807, 2.05) is 0 Å². The van der Waals surface area contributed by atoms with Crippen molar-refractivity contribution in [2.45, 2.75) is 37.6 Å². The van der Waals surface area contributed by atoms with Gasteiger partial charge >= 0.3 is 5.97 Å². The Balaban J connectivity index is 1.78. The molecule has 1 saturated heterocycles. The van der Waals surface area contributed by atoms with Gasteiger partial charge in [0.15, 0.2) is 0 Å². The first kappa shape index (κ1) is 11.6. The summed E-state index contributed by atoms with van der Waals surface area (Å²) in [6.07, 6.45) is 3.61. The van der Waals surface area contributed by atoms with Crippen LogP contribution in [0.4, 0.5) is 0 Å². The number of aromatic nitrogens is 1. The van der Waals surface area contributed by atoms with E-state index < -0.39 is 12.0 Å². The van der Waals surface area contributed by atoms with Gasteiger partial charge < -0.3 is 10.0 Å². The number of rotatable bonds is 3. The maximum Gasteiger partial charge on any atom is 0.326 e. The van der Waals surface area contributed by atoms with Gasteiger partial charge in [-0.2, -0.15) is 0 Å². The third kappa shape index (κ3) is 2.01. The van der Waals surface area contributed by atoms with E-state index >= 15 is 0 Å². The molecule has 1 unspecified atom stereocenters. The number of carboxylic acid groups (broad SMARTS) is 1. The average molecular weight is 266 g/mol. The number of hydrogen-bond donors (Lipinski definition) is 1. The molecule has 5 nitrogen and oxygen atoms in total. The molecule has 1 aromatic heterocycles. The van der Waals surface area contributed by atoms with E-state index in [0.717, 1.165) is 24.3 Å². The van der Waals surface area contributed by atoms with Crippen LogP contribution < -0.4 is 0 Å². The predicted octanol–water partition coefficient (Wildman–Crippen LogP) is 1.71. The average Bonchev–Trinajstić information content (AvgIpc) is 2.92. The highest BCUT2D eigenvalue weighted by Gasteiger charge is 2.36. The highest BCUT2D eigenvalue weighted by molar-refractivity contribution is 7.10. The highest BCUT2D eigenvalue weighted by atomic mass is 32.1. The monoisotopic (exact) mass is 266 g/mol. The predicted molar refractivity (Wildman–Crippen MR) is 65.8 cm³/mol. The Hall–Kier alpha value is -1.43. The minimum absolute atomic E-state index is 0.233. The summed E-state index contributed by atoms with van der Waals surface area (Å²) in [7, 11) is 0. The van der Waals surface area contributed by atoms with Crippen LogP contribution in [0.5, 0.6) is 0 Å². The van der Waals surface area contributed by atoms with E-state index in [1.165, 1.54) is 16.2 Å². The van der Waals surface area contributed by atoms with Gasteiger partial charge in [0.1, 0.15) is 11.7 Å². The summed E-state index contributed by atoms with van der Waals surface area (Å²) in [4.78, 5) is 29.1. The van der Waals surface area contributed by atoms with Gasteiger partial charge in [0.2, 0.25) is 0 Å². The second kappa shape index (κ2) is 4.35. The number of nitrogens with zero attached hydrogens (tertiary/aromatic N) is 2. The molecule has 0 radical (unpaired) electrons. The van der Waals surface area contributed by atoms with Gasteiger partial charge in [0.25, 0.3) is 5.91 Å². The minimum Gasteiger partial charge on any atom is -0.480 e. The smallest absolute Gasteiger partial charge is 0.326 e. The summed E-state index contributed by atoms with van der Waals surface area (Å²) in [5, 5.41) is 11.8. The van der Waals surface area contributed by atoms with Gasteiger partial charge in [-0.05, 0) is 25.7 Å². The largest absolute Gasteiger partial charge is 0.480 e. The lowest BCUT2D eigenvalue weighted by molar-refractivity contribution is -0.141. The van der Waals surface area contributed by atoms with E-state index in [1.54, 1.807) is 5.38 Å². The number of likely N-dealkylation sites (tertiary alicyclic amines) is 1. The number of hydrogen-bond acceptors (Lipinski definition) is 4. The van der Waals surface area contributed by atoms with Crippen molar-refractivity contribution in [1.82, 2.24) is 9.88 Å². The zero-order valence-corrected chi connectivity index (χ0v) is 10.7. The van der Waals surface area contributed by atoms with Crippen molar-refractivity contribution in [3.05, 3.63) is 16.1 Å². The van der Waals surface area contributed by atoms with Crippen molar-refractivity contribution in [2.24, 2.45) is 0 Å². The molecule has 3 rings (SSSR count). The molecule has 1 aliphatic carbocycles. The van der Waals surface area contributed by atoms with Crippen LogP contribution in [0.2, 0.25) is 0 Å². The number of thiazole rings is 1. The first-order valence-corrected chi connectivity index (χ1v) is 7.04. The summed E-state index contributed by atoms with van der Waals surface area (Å²) < 4.78 is 0. The highest BCUT2D eigenvalue weighted by Crippen LogP contribution is 2.41. The molecule has 2 fully saturated rings. The van der Waals surface area contributed by atoms with Crippen molar-refractivity contribution in [1.29, 1.82) is 0 Å². The van der Waals surface area contributed by atoms with Crippen LogP contribution in [-0.4, -0.2) is 39.5 Å². The summed E-state index contributed by atoms with van der Waals surface area (Å²) in [5.41, 5.74) is 0.412. The Morgan fingerprint density at radius 2 is 2.17 bits per heavy atom. The van der Waals surface area contributed by atoms with Gasteiger partial charge in [0, 0.05) is 17.8 Å². The fourth-order valence-corrected chi connectivity index (χ4v) is 3.28.